The molecular formula is C27H27ClN2O3. The number of fused-ring (bicyclic) bond motifs is 2. The van der Waals surface area contributed by atoms with E-state index < -0.39 is 5.60 Å². The Labute approximate surface area is 198 Å². The van der Waals surface area contributed by atoms with Crippen LogP contribution in [0.4, 0.5) is 0 Å². The molecule has 0 amide bonds. The number of aromatic nitrogens is 1. The van der Waals surface area contributed by atoms with Crippen LogP contribution in [0.5, 0.6) is 17.4 Å². The van der Waals surface area contributed by atoms with Gasteiger partial charge in [0.05, 0.1) is 5.60 Å². The number of piperidine rings is 1. The lowest BCUT2D eigenvalue weighted by molar-refractivity contribution is -0.0254. The monoisotopic (exact) mass is 462 g/mol. The first kappa shape index (κ1) is 22.0. The van der Waals surface area contributed by atoms with Crippen LogP contribution in [0.25, 0.3) is 5.57 Å². The van der Waals surface area contributed by atoms with E-state index in [0.717, 1.165) is 48.3 Å². The molecule has 0 spiro atoms. The van der Waals surface area contributed by atoms with Gasteiger partial charge >= 0.3 is 0 Å². The molecule has 170 valence electrons. The van der Waals surface area contributed by atoms with Gasteiger partial charge in [-0.2, -0.15) is 0 Å². The Balaban J connectivity index is 1.27. The average molecular weight is 463 g/mol. The van der Waals surface area contributed by atoms with Gasteiger partial charge in [-0.15, -0.1) is 0 Å². The molecule has 5 rings (SSSR count). The molecular weight excluding hydrogens is 436 g/mol. The van der Waals surface area contributed by atoms with Crippen molar-refractivity contribution in [1.82, 2.24) is 9.88 Å². The van der Waals surface area contributed by atoms with E-state index in [9.17, 15) is 10.2 Å². The number of halogens is 1. The molecule has 1 aromatic heterocycles. The molecule has 6 heteroatoms. The third kappa shape index (κ3) is 4.62. The van der Waals surface area contributed by atoms with Crippen LogP contribution in [0.3, 0.4) is 0 Å². The molecule has 0 unspecified atom stereocenters. The van der Waals surface area contributed by atoms with E-state index in [4.69, 9.17) is 16.3 Å². The number of ether oxygens (including phenoxy) is 1. The molecule has 0 radical (unpaired) electrons. The van der Waals surface area contributed by atoms with E-state index in [-0.39, 0.29) is 5.75 Å². The van der Waals surface area contributed by atoms with Crippen molar-refractivity contribution in [3.8, 4) is 17.4 Å². The largest absolute Gasteiger partial charge is 0.508 e. The maximum absolute atomic E-state index is 11.1. The third-order valence-electron chi connectivity index (χ3n) is 6.70. The fourth-order valence-electron chi connectivity index (χ4n) is 4.73. The Morgan fingerprint density at radius 1 is 1.06 bits per heavy atom. The summed E-state index contributed by atoms with van der Waals surface area (Å²) in [5.41, 5.74) is 3.00. The van der Waals surface area contributed by atoms with E-state index in [0.29, 0.717) is 35.9 Å². The van der Waals surface area contributed by atoms with Crippen LogP contribution < -0.4 is 4.74 Å². The molecule has 0 bridgehead atoms. The molecule has 5 nitrogen and oxygen atoms in total. The molecule has 0 aliphatic carbocycles. The predicted molar refractivity (Wildman–Crippen MR) is 130 cm³/mol. The first-order valence-corrected chi connectivity index (χ1v) is 11.7. The van der Waals surface area contributed by atoms with Crippen molar-refractivity contribution >= 4 is 17.2 Å². The quantitative estimate of drug-likeness (QED) is 0.532. The molecule has 0 saturated carbocycles. The maximum Gasteiger partial charge on any atom is 0.226 e. The second kappa shape index (κ2) is 9.18. The van der Waals surface area contributed by atoms with Crippen molar-refractivity contribution in [3.63, 3.8) is 0 Å². The molecule has 0 atom stereocenters. The highest BCUT2D eigenvalue weighted by molar-refractivity contribution is 6.30. The number of pyridine rings is 1. The number of rotatable bonds is 4. The molecule has 33 heavy (non-hydrogen) atoms. The summed E-state index contributed by atoms with van der Waals surface area (Å²) in [6.07, 6.45) is 6.81. The van der Waals surface area contributed by atoms with Gasteiger partial charge in [-0.05, 0) is 66.8 Å². The van der Waals surface area contributed by atoms with Crippen molar-refractivity contribution in [3.05, 3.63) is 88.6 Å². The summed E-state index contributed by atoms with van der Waals surface area (Å²) in [7, 11) is 0. The minimum Gasteiger partial charge on any atom is -0.508 e. The standard InChI is InChI=1S/C27H27ClN2O3/c28-21-10-8-20(9-11-21)27(32)12-16-30(17-13-27)15-3-4-19-18-23-24(31)6-1-7-25(23)33-26-22(19)5-2-14-29-26/h1-2,4-11,14,31-32H,3,12-13,15-18H2/b19-4-. The topological polar surface area (TPSA) is 65.8 Å². The summed E-state index contributed by atoms with van der Waals surface area (Å²) in [6.45, 7) is 2.59. The lowest BCUT2D eigenvalue weighted by Crippen LogP contribution is -2.42. The maximum atomic E-state index is 11.1. The van der Waals surface area contributed by atoms with Gasteiger partial charge in [0.2, 0.25) is 5.88 Å². The van der Waals surface area contributed by atoms with Crippen LogP contribution in [-0.4, -0.2) is 39.7 Å². The zero-order valence-corrected chi connectivity index (χ0v) is 19.1. The van der Waals surface area contributed by atoms with E-state index in [2.05, 4.69) is 16.0 Å². The number of aromatic hydroxyl groups is 1. The van der Waals surface area contributed by atoms with Gasteiger partial charge in [-0.1, -0.05) is 35.9 Å². The van der Waals surface area contributed by atoms with Crippen molar-refractivity contribution in [2.75, 3.05) is 19.6 Å². The van der Waals surface area contributed by atoms with E-state index in [1.807, 2.05) is 42.5 Å². The van der Waals surface area contributed by atoms with Gasteiger partial charge in [0, 0.05) is 48.4 Å². The minimum atomic E-state index is -0.788. The van der Waals surface area contributed by atoms with Gasteiger partial charge in [0.1, 0.15) is 11.5 Å². The molecule has 1 fully saturated rings. The third-order valence-corrected chi connectivity index (χ3v) is 6.95. The molecule has 2 aliphatic rings. The van der Waals surface area contributed by atoms with Gasteiger partial charge in [0.25, 0.3) is 0 Å². The first-order valence-electron chi connectivity index (χ1n) is 11.4. The zero-order valence-electron chi connectivity index (χ0n) is 18.4. The highest BCUT2D eigenvalue weighted by Gasteiger charge is 2.33. The first-order chi connectivity index (χ1) is 16.0. The van der Waals surface area contributed by atoms with E-state index in [1.165, 1.54) is 0 Å². The van der Waals surface area contributed by atoms with Crippen molar-refractivity contribution in [2.24, 2.45) is 0 Å². The number of benzene rings is 2. The lowest BCUT2D eigenvalue weighted by Gasteiger charge is -2.38. The Kier molecular flexibility index (Phi) is 6.11. The Hall–Kier alpha value is -2.86. The second-order valence-electron chi connectivity index (χ2n) is 8.79. The average Bonchev–Trinajstić information content (AvgIpc) is 2.98. The fraction of sp³-hybridized carbons (Fsp3) is 0.296. The summed E-state index contributed by atoms with van der Waals surface area (Å²) in [4.78, 5) is 6.81. The van der Waals surface area contributed by atoms with Crippen molar-refractivity contribution in [2.45, 2.75) is 31.3 Å². The predicted octanol–water partition coefficient (Wildman–Crippen LogP) is 5.55. The fourth-order valence-corrected chi connectivity index (χ4v) is 4.86. The Bertz CT molecular complexity index is 1170. The number of likely N-dealkylation sites (tertiary alicyclic amines) is 1. The SMILES string of the molecule is Oc1cccc2c1C/C(=C/CCN1CCC(O)(c3ccc(Cl)cc3)CC1)c1cccnc1O2. The summed E-state index contributed by atoms with van der Waals surface area (Å²) in [5.74, 6) is 1.46. The highest BCUT2D eigenvalue weighted by atomic mass is 35.5. The summed E-state index contributed by atoms with van der Waals surface area (Å²) in [6, 6.07) is 16.8. The normalized spacial score (nSPS) is 18.8. The second-order valence-corrected chi connectivity index (χ2v) is 9.22. The minimum absolute atomic E-state index is 0.240. The van der Waals surface area contributed by atoms with E-state index in [1.54, 1.807) is 18.3 Å². The number of hydrogen-bond donors (Lipinski definition) is 2. The highest BCUT2D eigenvalue weighted by Crippen LogP contribution is 2.41. The Morgan fingerprint density at radius 2 is 1.85 bits per heavy atom. The number of aliphatic hydroxyl groups is 1. The molecule has 3 aromatic rings. The van der Waals surface area contributed by atoms with Crippen LogP contribution in [0.2, 0.25) is 5.02 Å². The smallest absolute Gasteiger partial charge is 0.226 e. The van der Waals surface area contributed by atoms with Crippen LogP contribution in [-0.2, 0) is 12.0 Å². The number of allylic oxidation sites excluding steroid dienone is 1. The molecule has 3 heterocycles. The van der Waals surface area contributed by atoms with Crippen LogP contribution in [0.15, 0.2) is 66.9 Å². The van der Waals surface area contributed by atoms with Gasteiger partial charge in [-0.25, -0.2) is 4.98 Å². The summed E-state index contributed by atoms with van der Waals surface area (Å²) >= 11 is 6.00. The molecule has 1 saturated heterocycles. The molecule has 2 aromatic carbocycles. The molecule has 2 N–H and O–H groups in total. The van der Waals surface area contributed by atoms with Crippen LogP contribution in [0, 0.1) is 0 Å². The van der Waals surface area contributed by atoms with E-state index >= 15 is 0 Å². The lowest BCUT2D eigenvalue weighted by atomic mass is 9.84. The van der Waals surface area contributed by atoms with Crippen molar-refractivity contribution in [1.29, 1.82) is 0 Å². The van der Waals surface area contributed by atoms with Crippen LogP contribution in [0.1, 0.15) is 36.0 Å². The summed E-state index contributed by atoms with van der Waals surface area (Å²) < 4.78 is 6.02. The van der Waals surface area contributed by atoms with Crippen molar-refractivity contribution < 1.29 is 14.9 Å². The number of nitrogens with zero attached hydrogens (tertiary/aromatic N) is 2. The summed E-state index contributed by atoms with van der Waals surface area (Å²) in [5, 5.41) is 22.2. The number of phenols is 1. The van der Waals surface area contributed by atoms with Gasteiger partial charge in [0.15, 0.2) is 0 Å². The van der Waals surface area contributed by atoms with Crippen LogP contribution >= 0.6 is 11.6 Å². The number of phenolic OH excluding ortho intramolecular Hbond substituents is 1. The zero-order chi connectivity index (χ0) is 22.8. The molecule has 2 aliphatic heterocycles. The van der Waals surface area contributed by atoms with Gasteiger partial charge < -0.3 is 19.8 Å². The van der Waals surface area contributed by atoms with Gasteiger partial charge in [-0.3, -0.25) is 0 Å². The number of hydrogen-bond acceptors (Lipinski definition) is 5. The Morgan fingerprint density at radius 3 is 2.64 bits per heavy atom.